The summed E-state index contributed by atoms with van der Waals surface area (Å²) in [6.07, 6.45) is 5.67. The second kappa shape index (κ2) is 7.56. The minimum atomic E-state index is 0.464. The maximum Gasteiger partial charge on any atom is 0.206 e. The second-order valence-corrected chi connectivity index (χ2v) is 3.74. The van der Waals surface area contributed by atoms with Crippen LogP contribution in [-0.4, -0.2) is 22.5 Å². The fourth-order valence-electron chi connectivity index (χ4n) is 1.20. The molecule has 0 saturated heterocycles. The van der Waals surface area contributed by atoms with Gasteiger partial charge in [0.2, 0.25) is 5.96 Å². The molecule has 0 aliphatic rings. The number of hydrazine groups is 1. The summed E-state index contributed by atoms with van der Waals surface area (Å²) in [5, 5.41) is 3.12. The van der Waals surface area contributed by atoms with Crippen molar-refractivity contribution in [3.8, 4) is 0 Å². The van der Waals surface area contributed by atoms with Crippen LogP contribution in [-0.2, 0) is 6.54 Å². The number of nitrogens with one attached hydrogen (secondary N) is 2. The van der Waals surface area contributed by atoms with E-state index in [9.17, 15) is 0 Å². The Balaban J connectivity index is 2.46. The molecule has 1 aromatic rings. The SMILES string of the molecule is CCCCNC(=NCc1cnc(C)cn1)NN. The number of aryl methyl sites for hydroxylation is 1. The van der Waals surface area contributed by atoms with E-state index >= 15 is 0 Å². The molecular weight excluding hydrogens is 216 g/mol. The highest BCUT2D eigenvalue weighted by Crippen LogP contribution is 1.95. The number of hydrogen-bond donors (Lipinski definition) is 3. The zero-order valence-corrected chi connectivity index (χ0v) is 10.4. The minimum Gasteiger partial charge on any atom is -0.355 e. The number of unbranched alkanes of at least 4 members (excludes halogenated alkanes) is 1. The van der Waals surface area contributed by atoms with Gasteiger partial charge < -0.3 is 5.32 Å². The van der Waals surface area contributed by atoms with Crippen LogP contribution in [0.4, 0.5) is 0 Å². The highest BCUT2D eigenvalue weighted by atomic mass is 15.3. The molecule has 0 fully saturated rings. The van der Waals surface area contributed by atoms with Gasteiger partial charge in [0, 0.05) is 12.7 Å². The average Bonchev–Trinajstić information content (AvgIpc) is 2.35. The van der Waals surface area contributed by atoms with Gasteiger partial charge in [-0.05, 0) is 13.3 Å². The summed E-state index contributed by atoms with van der Waals surface area (Å²) in [4.78, 5) is 12.7. The lowest BCUT2D eigenvalue weighted by Crippen LogP contribution is -2.42. The van der Waals surface area contributed by atoms with Crippen LogP contribution in [0.2, 0.25) is 0 Å². The van der Waals surface area contributed by atoms with Gasteiger partial charge in [-0.2, -0.15) is 0 Å². The lowest BCUT2D eigenvalue weighted by Gasteiger charge is -2.08. The Hall–Kier alpha value is -1.69. The first kappa shape index (κ1) is 13.4. The monoisotopic (exact) mass is 236 g/mol. The van der Waals surface area contributed by atoms with E-state index in [1.807, 2.05) is 6.92 Å². The summed E-state index contributed by atoms with van der Waals surface area (Å²) in [7, 11) is 0. The molecule has 0 unspecified atom stereocenters. The molecule has 17 heavy (non-hydrogen) atoms. The van der Waals surface area contributed by atoms with E-state index in [4.69, 9.17) is 5.84 Å². The Bertz CT molecular complexity index is 345. The maximum absolute atomic E-state index is 5.36. The Kier molecular flexibility index (Phi) is 5.95. The molecule has 0 atom stereocenters. The number of hydrogen-bond acceptors (Lipinski definition) is 4. The van der Waals surface area contributed by atoms with Gasteiger partial charge in [0.25, 0.3) is 0 Å². The first-order chi connectivity index (χ1) is 8.26. The predicted octanol–water partition coefficient (Wildman–Crippen LogP) is 0.494. The zero-order valence-electron chi connectivity index (χ0n) is 10.4. The fourth-order valence-corrected chi connectivity index (χ4v) is 1.20. The summed E-state index contributed by atoms with van der Waals surface area (Å²) in [5.74, 6) is 5.95. The van der Waals surface area contributed by atoms with Crippen LogP contribution in [0.25, 0.3) is 0 Å². The van der Waals surface area contributed by atoms with Crippen molar-refractivity contribution in [1.82, 2.24) is 20.7 Å². The van der Waals surface area contributed by atoms with Gasteiger partial charge in [0.05, 0.1) is 24.1 Å². The van der Waals surface area contributed by atoms with Gasteiger partial charge in [0.15, 0.2) is 0 Å². The van der Waals surface area contributed by atoms with Crippen LogP contribution in [0.1, 0.15) is 31.2 Å². The highest BCUT2D eigenvalue weighted by Gasteiger charge is 1.97. The van der Waals surface area contributed by atoms with Crippen LogP contribution in [0.15, 0.2) is 17.4 Å². The average molecular weight is 236 g/mol. The number of nitrogens with two attached hydrogens (primary N) is 1. The summed E-state index contributed by atoms with van der Waals surface area (Å²) in [6, 6.07) is 0. The second-order valence-electron chi connectivity index (χ2n) is 3.74. The number of rotatable bonds is 5. The lowest BCUT2D eigenvalue weighted by molar-refractivity contribution is 0.730. The van der Waals surface area contributed by atoms with E-state index in [0.29, 0.717) is 12.5 Å². The van der Waals surface area contributed by atoms with Crippen LogP contribution in [0.5, 0.6) is 0 Å². The van der Waals surface area contributed by atoms with Crippen molar-refractivity contribution < 1.29 is 0 Å². The van der Waals surface area contributed by atoms with Crippen molar-refractivity contribution in [2.45, 2.75) is 33.2 Å². The fraction of sp³-hybridized carbons (Fsp3) is 0.545. The number of aliphatic imine (C=N–C) groups is 1. The first-order valence-corrected chi connectivity index (χ1v) is 5.78. The van der Waals surface area contributed by atoms with Crippen LogP contribution in [0.3, 0.4) is 0 Å². The van der Waals surface area contributed by atoms with E-state index in [0.717, 1.165) is 30.8 Å². The van der Waals surface area contributed by atoms with Crippen molar-refractivity contribution in [2.75, 3.05) is 6.54 Å². The minimum absolute atomic E-state index is 0.464. The molecule has 0 aliphatic carbocycles. The molecule has 0 radical (unpaired) electrons. The van der Waals surface area contributed by atoms with Gasteiger partial charge in [0.1, 0.15) is 0 Å². The molecule has 0 aromatic carbocycles. The first-order valence-electron chi connectivity index (χ1n) is 5.78. The standard InChI is InChI=1S/C11H20N6/c1-3-4-5-13-11(17-12)16-8-10-7-14-9(2)6-15-10/h6-7H,3-5,8,12H2,1-2H3,(H2,13,16,17). The molecule has 0 aliphatic heterocycles. The summed E-state index contributed by atoms with van der Waals surface area (Å²) in [5.41, 5.74) is 4.25. The van der Waals surface area contributed by atoms with Gasteiger partial charge in [-0.25, -0.2) is 10.8 Å². The Morgan fingerprint density at radius 3 is 2.82 bits per heavy atom. The molecule has 0 bridgehead atoms. The maximum atomic E-state index is 5.36. The number of guanidine groups is 1. The molecule has 4 N–H and O–H groups in total. The normalized spacial score (nSPS) is 11.4. The highest BCUT2D eigenvalue weighted by molar-refractivity contribution is 5.79. The lowest BCUT2D eigenvalue weighted by atomic mass is 10.3. The number of aromatic nitrogens is 2. The zero-order chi connectivity index (χ0) is 12.5. The molecule has 6 heteroatoms. The quantitative estimate of drug-likeness (QED) is 0.228. The Morgan fingerprint density at radius 2 is 2.24 bits per heavy atom. The van der Waals surface area contributed by atoms with Crippen molar-refractivity contribution in [1.29, 1.82) is 0 Å². The van der Waals surface area contributed by atoms with Crippen LogP contribution in [0, 0.1) is 6.92 Å². The molecule has 94 valence electrons. The molecule has 6 nitrogen and oxygen atoms in total. The number of nitrogens with zero attached hydrogens (tertiary/aromatic N) is 3. The molecular formula is C11H20N6. The summed E-state index contributed by atoms with van der Waals surface area (Å²) < 4.78 is 0. The van der Waals surface area contributed by atoms with Gasteiger partial charge in [-0.3, -0.25) is 15.4 Å². The van der Waals surface area contributed by atoms with Crippen molar-refractivity contribution in [2.24, 2.45) is 10.8 Å². The van der Waals surface area contributed by atoms with Crippen LogP contribution >= 0.6 is 0 Å². The van der Waals surface area contributed by atoms with E-state index in [2.05, 4.69) is 32.6 Å². The Labute approximate surface area is 102 Å². The van der Waals surface area contributed by atoms with E-state index in [1.54, 1.807) is 12.4 Å². The molecule has 0 amide bonds. The summed E-state index contributed by atoms with van der Waals surface area (Å²) in [6.45, 7) is 5.36. The molecule has 1 rings (SSSR count). The van der Waals surface area contributed by atoms with Gasteiger partial charge in [-0.1, -0.05) is 13.3 Å². The third-order valence-electron chi connectivity index (χ3n) is 2.19. The molecule has 1 aromatic heterocycles. The Morgan fingerprint density at radius 1 is 1.41 bits per heavy atom. The van der Waals surface area contributed by atoms with E-state index in [-0.39, 0.29) is 0 Å². The van der Waals surface area contributed by atoms with E-state index < -0.39 is 0 Å². The van der Waals surface area contributed by atoms with Gasteiger partial charge in [-0.15, -0.1) is 0 Å². The molecule has 0 spiro atoms. The molecule has 0 saturated carbocycles. The van der Waals surface area contributed by atoms with Crippen molar-refractivity contribution in [3.63, 3.8) is 0 Å². The topological polar surface area (TPSA) is 88.2 Å². The van der Waals surface area contributed by atoms with Gasteiger partial charge >= 0.3 is 0 Å². The van der Waals surface area contributed by atoms with Crippen molar-refractivity contribution >= 4 is 5.96 Å². The predicted molar refractivity (Wildman–Crippen MR) is 68.1 cm³/mol. The van der Waals surface area contributed by atoms with E-state index in [1.165, 1.54) is 0 Å². The third kappa shape index (κ3) is 5.26. The van der Waals surface area contributed by atoms with Crippen molar-refractivity contribution in [3.05, 3.63) is 23.8 Å². The third-order valence-corrected chi connectivity index (χ3v) is 2.19. The smallest absolute Gasteiger partial charge is 0.206 e. The largest absolute Gasteiger partial charge is 0.355 e. The van der Waals surface area contributed by atoms with Crippen LogP contribution < -0.4 is 16.6 Å². The summed E-state index contributed by atoms with van der Waals surface area (Å²) >= 11 is 0. The molecule has 1 heterocycles.